The van der Waals surface area contributed by atoms with Gasteiger partial charge < -0.3 is 4.79 Å². The van der Waals surface area contributed by atoms with Gasteiger partial charge in [0.15, 0.2) is 0 Å². The second-order valence-corrected chi connectivity index (χ2v) is 4.53. The maximum atomic E-state index is 10.4. The van der Waals surface area contributed by atoms with Gasteiger partial charge in [0.25, 0.3) is 0 Å². The second kappa shape index (κ2) is 3.62. The predicted octanol–water partition coefficient (Wildman–Crippen LogP) is 3.14. The zero-order valence-corrected chi connectivity index (χ0v) is 8.83. The summed E-state index contributed by atoms with van der Waals surface area (Å²) >= 11 is 3.40. The van der Waals surface area contributed by atoms with Crippen LogP contribution in [0.3, 0.4) is 0 Å². The Morgan fingerprint density at radius 1 is 1.23 bits per heavy atom. The Kier molecular flexibility index (Phi) is 2.49. The molecular weight excluding hydrogens is 228 g/mol. The highest BCUT2D eigenvalue weighted by Crippen LogP contribution is 2.40. The number of hydrogen-bond acceptors (Lipinski definition) is 1. The topological polar surface area (TPSA) is 17.1 Å². The van der Waals surface area contributed by atoms with Crippen molar-refractivity contribution in [1.29, 1.82) is 0 Å². The highest BCUT2D eigenvalue weighted by Gasteiger charge is 2.29. The first-order valence-electron chi connectivity index (χ1n) is 4.50. The molecule has 1 nitrogen and oxygen atoms in total. The summed E-state index contributed by atoms with van der Waals surface area (Å²) in [5.41, 5.74) is 1.36. The van der Waals surface area contributed by atoms with E-state index >= 15 is 0 Å². The molecule has 0 aromatic heterocycles. The van der Waals surface area contributed by atoms with E-state index in [1.165, 1.54) is 5.56 Å². The Morgan fingerprint density at radius 2 is 1.85 bits per heavy atom. The Balaban J connectivity index is 2.03. The van der Waals surface area contributed by atoms with Gasteiger partial charge in [-0.1, -0.05) is 28.1 Å². The molecule has 0 spiro atoms. The van der Waals surface area contributed by atoms with Crippen molar-refractivity contribution in [2.24, 2.45) is 5.92 Å². The van der Waals surface area contributed by atoms with Gasteiger partial charge in [0, 0.05) is 10.4 Å². The van der Waals surface area contributed by atoms with E-state index in [0.29, 0.717) is 11.8 Å². The number of rotatable bonds is 2. The number of benzene rings is 1. The molecule has 0 unspecified atom stereocenters. The minimum atomic E-state index is 0.314. The summed E-state index contributed by atoms with van der Waals surface area (Å²) in [5, 5.41) is 0. The zero-order chi connectivity index (χ0) is 9.26. The van der Waals surface area contributed by atoms with Gasteiger partial charge in [-0.3, -0.25) is 0 Å². The van der Waals surface area contributed by atoms with E-state index in [1.54, 1.807) is 0 Å². The summed E-state index contributed by atoms with van der Waals surface area (Å²) in [5.74, 6) is 0.928. The summed E-state index contributed by atoms with van der Waals surface area (Å²) in [6, 6.07) is 8.39. The molecule has 1 saturated carbocycles. The number of halogens is 1. The number of aldehydes is 1. The summed E-state index contributed by atoms with van der Waals surface area (Å²) in [6.07, 6.45) is 3.14. The lowest BCUT2D eigenvalue weighted by atomic mass is 9.72. The third kappa shape index (κ3) is 1.83. The molecule has 0 N–H and O–H groups in total. The van der Waals surface area contributed by atoms with E-state index in [1.807, 2.05) is 0 Å². The van der Waals surface area contributed by atoms with Gasteiger partial charge in [-0.05, 0) is 36.5 Å². The Hall–Kier alpha value is -0.630. The standard InChI is InChI=1S/C11H11BrO/c12-11-3-1-9(2-4-11)10-5-8(6-10)7-13/h1-4,7-8,10H,5-6H2/t8-,10+. The third-order valence-electron chi connectivity index (χ3n) is 2.71. The van der Waals surface area contributed by atoms with E-state index in [4.69, 9.17) is 0 Å². The smallest absolute Gasteiger partial charge is 0.123 e. The van der Waals surface area contributed by atoms with Crippen LogP contribution in [0.15, 0.2) is 28.7 Å². The van der Waals surface area contributed by atoms with E-state index < -0.39 is 0 Å². The van der Waals surface area contributed by atoms with Crippen LogP contribution < -0.4 is 0 Å². The number of carbonyl (C=O) groups is 1. The normalized spacial score (nSPS) is 26.5. The van der Waals surface area contributed by atoms with Crippen LogP contribution in [0, 0.1) is 5.92 Å². The monoisotopic (exact) mass is 238 g/mol. The van der Waals surface area contributed by atoms with Gasteiger partial charge in [-0.15, -0.1) is 0 Å². The van der Waals surface area contributed by atoms with Crippen molar-refractivity contribution >= 4 is 22.2 Å². The summed E-state index contributed by atoms with van der Waals surface area (Å²) < 4.78 is 1.11. The van der Waals surface area contributed by atoms with Crippen LogP contribution in [0.1, 0.15) is 24.3 Å². The zero-order valence-electron chi connectivity index (χ0n) is 7.24. The average Bonchev–Trinajstić information content (AvgIpc) is 2.06. The molecule has 68 valence electrons. The minimum Gasteiger partial charge on any atom is -0.303 e. The van der Waals surface area contributed by atoms with Crippen LogP contribution in [0.5, 0.6) is 0 Å². The van der Waals surface area contributed by atoms with Crippen molar-refractivity contribution < 1.29 is 4.79 Å². The lowest BCUT2D eigenvalue weighted by Crippen LogP contribution is -2.22. The van der Waals surface area contributed by atoms with Crippen LogP contribution in [-0.4, -0.2) is 6.29 Å². The molecule has 1 aliphatic carbocycles. The lowest BCUT2D eigenvalue weighted by molar-refractivity contribution is -0.113. The largest absolute Gasteiger partial charge is 0.303 e. The maximum Gasteiger partial charge on any atom is 0.123 e. The summed E-state index contributed by atoms with van der Waals surface area (Å²) in [7, 11) is 0. The van der Waals surface area contributed by atoms with Crippen molar-refractivity contribution in [2.45, 2.75) is 18.8 Å². The molecule has 1 aromatic rings. The Morgan fingerprint density at radius 3 is 2.38 bits per heavy atom. The molecule has 1 aromatic carbocycles. The van der Waals surface area contributed by atoms with Gasteiger partial charge in [-0.2, -0.15) is 0 Å². The van der Waals surface area contributed by atoms with Crippen LogP contribution >= 0.6 is 15.9 Å². The first kappa shape index (κ1) is 8.95. The number of hydrogen-bond donors (Lipinski definition) is 0. The molecule has 0 heterocycles. The van der Waals surface area contributed by atoms with Gasteiger partial charge in [0.05, 0.1) is 0 Å². The predicted molar refractivity (Wildman–Crippen MR) is 55.7 cm³/mol. The maximum absolute atomic E-state index is 10.4. The van der Waals surface area contributed by atoms with Crippen molar-refractivity contribution in [3.05, 3.63) is 34.3 Å². The average molecular weight is 239 g/mol. The van der Waals surface area contributed by atoms with Crippen molar-refractivity contribution in [3.8, 4) is 0 Å². The fourth-order valence-corrected chi connectivity index (χ4v) is 2.04. The molecular formula is C11H11BrO. The molecule has 2 rings (SSSR count). The molecule has 0 saturated heterocycles. The quantitative estimate of drug-likeness (QED) is 0.724. The molecule has 1 aliphatic rings. The van der Waals surface area contributed by atoms with Crippen molar-refractivity contribution in [1.82, 2.24) is 0 Å². The highest BCUT2D eigenvalue weighted by molar-refractivity contribution is 9.10. The molecule has 0 bridgehead atoms. The molecule has 0 radical (unpaired) electrons. The van der Waals surface area contributed by atoms with Crippen LogP contribution in [-0.2, 0) is 4.79 Å². The van der Waals surface area contributed by atoms with Crippen LogP contribution in [0.25, 0.3) is 0 Å². The molecule has 2 heteroatoms. The SMILES string of the molecule is O=C[C@H]1C[C@@H](c2ccc(Br)cc2)C1. The van der Waals surface area contributed by atoms with Crippen molar-refractivity contribution in [2.75, 3.05) is 0 Å². The molecule has 13 heavy (non-hydrogen) atoms. The number of carbonyl (C=O) groups excluding carboxylic acids is 1. The summed E-state index contributed by atoms with van der Waals surface area (Å²) in [4.78, 5) is 10.4. The molecule has 1 fully saturated rings. The van der Waals surface area contributed by atoms with Gasteiger partial charge >= 0.3 is 0 Å². The summed E-state index contributed by atoms with van der Waals surface area (Å²) in [6.45, 7) is 0. The van der Waals surface area contributed by atoms with Crippen molar-refractivity contribution in [3.63, 3.8) is 0 Å². The fourth-order valence-electron chi connectivity index (χ4n) is 1.78. The first-order valence-corrected chi connectivity index (χ1v) is 5.29. The van der Waals surface area contributed by atoms with E-state index in [0.717, 1.165) is 23.6 Å². The fraction of sp³-hybridized carbons (Fsp3) is 0.364. The van der Waals surface area contributed by atoms with E-state index in [2.05, 4.69) is 40.2 Å². The Bertz CT molecular complexity index is 298. The van der Waals surface area contributed by atoms with Crippen LogP contribution in [0.2, 0.25) is 0 Å². The molecule has 0 aliphatic heterocycles. The van der Waals surface area contributed by atoms with Gasteiger partial charge in [0.1, 0.15) is 6.29 Å². The minimum absolute atomic E-state index is 0.314. The van der Waals surface area contributed by atoms with Gasteiger partial charge in [0.2, 0.25) is 0 Å². The second-order valence-electron chi connectivity index (χ2n) is 3.62. The third-order valence-corrected chi connectivity index (χ3v) is 3.24. The van der Waals surface area contributed by atoms with E-state index in [-0.39, 0.29) is 0 Å². The molecule has 0 amide bonds. The molecule has 0 atom stereocenters. The van der Waals surface area contributed by atoms with Gasteiger partial charge in [-0.25, -0.2) is 0 Å². The Labute approximate surface area is 86.3 Å². The lowest BCUT2D eigenvalue weighted by Gasteiger charge is -2.31. The highest BCUT2D eigenvalue weighted by atomic mass is 79.9. The van der Waals surface area contributed by atoms with Crippen LogP contribution in [0.4, 0.5) is 0 Å². The first-order chi connectivity index (χ1) is 6.29. The van der Waals surface area contributed by atoms with E-state index in [9.17, 15) is 4.79 Å².